The highest BCUT2D eigenvalue weighted by Gasteiger charge is 2.10. The zero-order valence-corrected chi connectivity index (χ0v) is 9.69. The summed E-state index contributed by atoms with van der Waals surface area (Å²) in [5.41, 5.74) is 8.05. The van der Waals surface area contributed by atoms with Crippen molar-refractivity contribution in [1.82, 2.24) is 0 Å². The van der Waals surface area contributed by atoms with Crippen molar-refractivity contribution in [3.63, 3.8) is 0 Å². The van der Waals surface area contributed by atoms with Crippen molar-refractivity contribution in [3.8, 4) is 0 Å². The number of alkyl halides is 1. The molecule has 0 aliphatic carbocycles. The SMILES string of the molecule is Nc1c(C=O)c(CBr)cc2sccc12. The summed E-state index contributed by atoms with van der Waals surface area (Å²) in [5, 5.41) is 3.61. The van der Waals surface area contributed by atoms with Gasteiger partial charge in [0.25, 0.3) is 0 Å². The van der Waals surface area contributed by atoms with Gasteiger partial charge in [0, 0.05) is 21.0 Å². The molecule has 2 rings (SSSR count). The van der Waals surface area contributed by atoms with Crippen molar-refractivity contribution in [2.75, 3.05) is 5.73 Å². The molecule has 2 N–H and O–H groups in total. The van der Waals surface area contributed by atoms with Crippen molar-refractivity contribution in [3.05, 3.63) is 28.6 Å². The molecule has 1 aromatic heterocycles. The molecule has 2 nitrogen and oxygen atoms in total. The van der Waals surface area contributed by atoms with Gasteiger partial charge >= 0.3 is 0 Å². The van der Waals surface area contributed by atoms with Crippen LogP contribution in [0.5, 0.6) is 0 Å². The van der Waals surface area contributed by atoms with Crippen LogP contribution in [-0.4, -0.2) is 6.29 Å². The molecule has 0 saturated carbocycles. The van der Waals surface area contributed by atoms with E-state index in [0.717, 1.165) is 21.9 Å². The van der Waals surface area contributed by atoms with Crippen LogP contribution < -0.4 is 5.73 Å². The number of nitrogen functional groups attached to an aromatic ring is 1. The zero-order valence-electron chi connectivity index (χ0n) is 7.29. The summed E-state index contributed by atoms with van der Waals surface area (Å²) in [6, 6.07) is 3.95. The molecule has 0 aliphatic heterocycles. The summed E-state index contributed by atoms with van der Waals surface area (Å²) in [7, 11) is 0. The number of fused-ring (bicyclic) bond motifs is 1. The van der Waals surface area contributed by atoms with Gasteiger partial charge in [0.05, 0.1) is 5.69 Å². The minimum absolute atomic E-state index is 0.591. The van der Waals surface area contributed by atoms with E-state index >= 15 is 0 Å². The fourth-order valence-corrected chi connectivity index (χ4v) is 2.79. The fourth-order valence-electron chi connectivity index (χ4n) is 1.46. The number of hydrogen-bond donors (Lipinski definition) is 1. The van der Waals surface area contributed by atoms with Gasteiger partial charge in [-0.2, -0.15) is 0 Å². The van der Waals surface area contributed by atoms with Crippen LogP contribution in [0.15, 0.2) is 17.5 Å². The molecule has 0 aliphatic rings. The largest absolute Gasteiger partial charge is 0.398 e. The first-order chi connectivity index (χ1) is 6.77. The van der Waals surface area contributed by atoms with Gasteiger partial charge in [-0.25, -0.2) is 0 Å². The highest BCUT2D eigenvalue weighted by atomic mass is 79.9. The second kappa shape index (κ2) is 3.71. The number of aldehydes is 1. The molecule has 1 aromatic carbocycles. The molecule has 0 radical (unpaired) electrons. The van der Waals surface area contributed by atoms with Crippen LogP contribution in [0, 0.1) is 0 Å². The standard InChI is InChI=1S/C10H8BrNOS/c11-4-6-3-9-7(1-2-14-9)10(12)8(6)5-13/h1-3,5H,4,12H2. The maximum atomic E-state index is 10.9. The van der Waals surface area contributed by atoms with Gasteiger partial charge in [-0.1, -0.05) is 15.9 Å². The summed E-state index contributed by atoms with van der Waals surface area (Å²) in [6.45, 7) is 0. The van der Waals surface area contributed by atoms with Crippen LogP contribution in [0.1, 0.15) is 15.9 Å². The van der Waals surface area contributed by atoms with Crippen LogP contribution in [-0.2, 0) is 5.33 Å². The van der Waals surface area contributed by atoms with E-state index < -0.39 is 0 Å². The molecule has 2 aromatic rings. The molecule has 0 saturated heterocycles. The van der Waals surface area contributed by atoms with Crippen molar-refractivity contribution >= 4 is 49.3 Å². The number of thiophene rings is 1. The average Bonchev–Trinajstić information content (AvgIpc) is 2.65. The molecule has 0 fully saturated rings. The second-order valence-electron chi connectivity index (χ2n) is 2.95. The minimum Gasteiger partial charge on any atom is -0.398 e. The third-order valence-electron chi connectivity index (χ3n) is 2.19. The van der Waals surface area contributed by atoms with E-state index in [0.29, 0.717) is 16.6 Å². The Morgan fingerprint density at radius 2 is 2.36 bits per heavy atom. The molecule has 14 heavy (non-hydrogen) atoms. The van der Waals surface area contributed by atoms with Gasteiger partial charge in [-0.05, 0) is 23.1 Å². The second-order valence-corrected chi connectivity index (χ2v) is 4.46. The number of carbonyl (C=O) groups is 1. The molecule has 0 bridgehead atoms. The lowest BCUT2D eigenvalue weighted by atomic mass is 10.1. The van der Waals surface area contributed by atoms with Gasteiger partial charge in [0.1, 0.15) is 0 Å². The fraction of sp³-hybridized carbons (Fsp3) is 0.100. The van der Waals surface area contributed by atoms with Crippen LogP contribution in [0.25, 0.3) is 10.1 Å². The predicted octanol–water partition coefficient (Wildman–Crippen LogP) is 3.19. The molecule has 0 unspecified atom stereocenters. The van der Waals surface area contributed by atoms with Crippen molar-refractivity contribution in [2.24, 2.45) is 0 Å². The molecule has 0 atom stereocenters. The summed E-state index contributed by atoms with van der Waals surface area (Å²) in [6.07, 6.45) is 0.822. The maximum absolute atomic E-state index is 10.9. The van der Waals surface area contributed by atoms with Gasteiger partial charge in [0.2, 0.25) is 0 Å². The summed E-state index contributed by atoms with van der Waals surface area (Å²) < 4.78 is 1.13. The Hall–Kier alpha value is -0.870. The van der Waals surface area contributed by atoms with Gasteiger partial charge in [-0.15, -0.1) is 11.3 Å². The smallest absolute Gasteiger partial charge is 0.152 e. The van der Waals surface area contributed by atoms with E-state index in [9.17, 15) is 4.79 Å². The van der Waals surface area contributed by atoms with Crippen LogP contribution in [0.3, 0.4) is 0 Å². The first-order valence-electron chi connectivity index (χ1n) is 4.07. The normalized spacial score (nSPS) is 10.6. The Labute approximate surface area is 93.9 Å². The summed E-state index contributed by atoms with van der Waals surface area (Å²) in [5.74, 6) is 0. The third kappa shape index (κ3) is 1.35. The Morgan fingerprint density at radius 1 is 1.57 bits per heavy atom. The number of carbonyl (C=O) groups excluding carboxylic acids is 1. The molecule has 1 heterocycles. The maximum Gasteiger partial charge on any atom is 0.152 e. The Morgan fingerprint density at radius 3 is 3.00 bits per heavy atom. The van der Waals surface area contributed by atoms with E-state index in [1.807, 2.05) is 17.5 Å². The van der Waals surface area contributed by atoms with E-state index in [-0.39, 0.29) is 0 Å². The molecule has 0 amide bonds. The predicted molar refractivity (Wildman–Crippen MR) is 64.3 cm³/mol. The van der Waals surface area contributed by atoms with Crippen molar-refractivity contribution in [1.29, 1.82) is 0 Å². The number of anilines is 1. The number of hydrogen-bond acceptors (Lipinski definition) is 3. The third-order valence-corrected chi connectivity index (χ3v) is 3.66. The topological polar surface area (TPSA) is 43.1 Å². The van der Waals surface area contributed by atoms with Gasteiger partial charge < -0.3 is 5.73 Å². The van der Waals surface area contributed by atoms with E-state index in [4.69, 9.17) is 5.73 Å². The lowest BCUT2D eigenvalue weighted by molar-refractivity contribution is 0.112. The molecule has 4 heteroatoms. The van der Waals surface area contributed by atoms with Crippen LogP contribution >= 0.6 is 27.3 Å². The van der Waals surface area contributed by atoms with E-state index in [1.165, 1.54) is 0 Å². The molecule has 72 valence electrons. The quantitative estimate of drug-likeness (QED) is 0.517. The van der Waals surface area contributed by atoms with Gasteiger partial charge in [0.15, 0.2) is 6.29 Å². The number of rotatable bonds is 2. The van der Waals surface area contributed by atoms with E-state index in [2.05, 4.69) is 15.9 Å². The van der Waals surface area contributed by atoms with E-state index in [1.54, 1.807) is 11.3 Å². The van der Waals surface area contributed by atoms with Crippen LogP contribution in [0.2, 0.25) is 0 Å². The molecule has 0 spiro atoms. The monoisotopic (exact) mass is 269 g/mol. The van der Waals surface area contributed by atoms with Crippen LogP contribution in [0.4, 0.5) is 5.69 Å². The lowest BCUT2D eigenvalue weighted by Gasteiger charge is -2.05. The molecular formula is C10H8BrNOS. The highest BCUT2D eigenvalue weighted by molar-refractivity contribution is 9.08. The number of halogens is 1. The average molecular weight is 270 g/mol. The van der Waals surface area contributed by atoms with Crippen molar-refractivity contribution in [2.45, 2.75) is 5.33 Å². The Kier molecular flexibility index (Phi) is 2.56. The number of nitrogens with two attached hydrogens (primary N) is 1. The number of benzene rings is 1. The van der Waals surface area contributed by atoms with Gasteiger partial charge in [-0.3, -0.25) is 4.79 Å². The zero-order chi connectivity index (χ0) is 10.1. The first kappa shape index (κ1) is 9.68. The Balaban J connectivity index is 2.85. The highest BCUT2D eigenvalue weighted by Crippen LogP contribution is 2.31. The summed E-state index contributed by atoms with van der Waals surface area (Å²) >= 11 is 4.98. The minimum atomic E-state index is 0.591. The molecular weight excluding hydrogens is 262 g/mol. The lowest BCUT2D eigenvalue weighted by Crippen LogP contribution is -1.97. The summed E-state index contributed by atoms with van der Waals surface area (Å²) in [4.78, 5) is 10.9. The first-order valence-corrected chi connectivity index (χ1v) is 6.07. The Bertz CT molecular complexity index is 492. The van der Waals surface area contributed by atoms with Crippen molar-refractivity contribution < 1.29 is 4.79 Å².